The van der Waals surface area contributed by atoms with Gasteiger partial charge in [0.1, 0.15) is 18.1 Å². The van der Waals surface area contributed by atoms with Crippen LogP contribution in [0, 0.1) is 5.41 Å². The molecule has 0 aliphatic rings. The summed E-state index contributed by atoms with van der Waals surface area (Å²) in [4.78, 5) is 9.91. The zero-order valence-electron chi connectivity index (χ0n) is 17.8. The smallest absolute Gasteiger partial charge is 0.119 e. The molecule has 0 saturated heterocycles. The van der Waals surface area contributed by atoms with E-state index >= 15 is 0 Å². The number of hydrogen-bond acceptors (Lipinski definition) is 6. The monoisotopic (exact) mass is 402 g/mol. The van der Waals surface area contributed by atoms with Crippen molar-refractivity contribution >= 4 is 5.97 Å². The number of aliphatic hydroxyl groups excluding tert-OH is 1. The Balaban J connectivity index is 0.000000516. The minimum Gasteiger partial charge on any atom is -0.550 e. The fourth-order valence-electron chi connectivity index (χ4n) is 2.29. The van der Waals surface area contributed by atoms with Crippen LogP contribution < -0.4 is 15.2 Å². The van der Waals surface area contributed by atoms with Crippen molar-refractivity contribution in [1.29, 1.82) is 0 Å². The average Bonchev–Trinajstić information content (AvgIpc) is 2.67. The Morgan fingerprint density at radius 2 is 1.59 bits per heavy atom. The minimum atomic E-state index is -1.01. The van der Waals surface area contributed by atoms with Crippen LogP contribution in [0.5, 0.6) is 11.5 Å². The molecular weight excluding hydrogens is 370 g/mol. The third-order valence-electron chi connectivity index (χ3n) is 4.11. The van der Waals surface area contributed by atoms with Crippen molar-refractivity contribution in [2.75, 3.05) is 6.61 Å². The van der Waals surface area contributed by atoms with Crippen LogP contribution >= 0.6 is 0 Å². The van der Waals surface area contributed by atoms with E-state index in [2.05, 4.69) is 5.32 Å². The van der Waals surface area contributed by atoms with Crippen molar-refractivity contribution in [2.24, 2.45) is 5.41 Å². The Morgan fingerprint density at radius 1 is 1.07 bits per heavy atom. The molecule has 3 unspecified atom stereocenters. The average molecular weight is 403 g/mol. The predicted molar refractivity (Wildman–Crippen MR) is 112 cm³/mol. The highest BCUT2D eigenvalue weighted by atomic mass is 16.5. The first-order chi connectivity index (χ1) is 13.5. The molecule has 0 bridgehead atoms. The number of aliphatic carboxylic acids is 1. The molecule has 0 heterocycles. The van der Waals surface area contributed by atoms with Crippen molar-refractivity contribution in [2.45, 2.75) is 52.8 Å². The molecule has 2 rings (SSSR count). The van der Waals surface area contributed by atoms with Gasteiger partial charge in [-0.25, -0.2) is 0 Å². The van der Waals surface area contributed by atoms with Gasteiger partial charge >= 0.3 is 0 Å². The molecule has 0 aliphatic heterocycles. The van der Waals surface area contributed by atoms with Crippen molar-refractivity contribution in [1.82, 2.24) is 5.32 Å². The van der Waals surface area contributed by atoms with E-state index in [1.54, 1.807) is 45.0 Å². The van der Waals surface area contributed by atoms with E-state index in [1.165, 1.54) is 0 Å². The summed E-state index contributed by atoms with van der Waals surface area (Å²) < 4.78 is 5.69. The second-order valence-corrected chi connectivity index (χ2v) is 8.05. The van der Waals surface area contributed by atoms with Gasteiger partial charge in [0, 0.05) is 23.5 Å². The summed E-state index contributed by atoms with van der Waals surface area (Å²) in [6.07, 6.45) is -0.639. The van der Waals surface area contributed by atoms with Gasteiger partial charge in [0.05, 0.1) is 6.10 Å². The fraction of sp³-hybridized carbons (Fsp3) is 0.435. The topological polar surface area (TPSA) is 102 Å². The van der Waals surface area contributed by atoms with Crippen LogP contribution in [0.1, 0.15) is 46.3 Å². The normalized spacial score (nSPS) is 14.1. The summed E-state index contributed by atoms with van der Waals surface area (Å²) >= 11 is 0. The molecular formula is C23H32NO5-. The molecule has 0 radical (unpaired) electrons. The number of carbonyl (C=O) groups excluding carboxylic acids is 1. The van der Waals surface area contributed by atoms with Crippen LogP contribution in [0.2, 0.25) is 0 Å². The Labute approximate surface area is 173 Å². The molecule has 160 valence electrons. The molecule has 3 N–H and O–H groups in total. The van der Waals surface area contributed by atoms with Crippen LogP contribution in [0.3, 0.4) is 0 Å². The molecule has 3 atom stereocenters. The number of hydrogen-bond donors (Lipinski definition) is 3. The molecule has 0 amide bonds. The van der Waals surface area contributed by atoms with Gasteiger partial charge in [-0.15, -0.1) is 0 Å². The van der Waals surface area contributed by atoms with Crippen molar-refractivity contribution in [3.63, 3.8) is 0 Å². The van der Waals surface area contributed by atoms with E-state index in [0.717, 1.165) is 11.3 Å². The van der Waals surface area contributed by atoms with Gasteiger partial charge in [-0.2, -0.15) is 0 Å². The van der Waals surface area contributed by atoms with Gasteiger partial charge in [-0.1, -0.05) is 51.1 Å². The van der Waals surface area contributed by atoms with E-state index in [0.29, 0.717) is 6.61 Å². The van der Waals surface area contributed by atoms with E-state index in [-0.39, 0.29) is 17.8 Å². The second kappa shape index (κ2) is 11.4. The fourth-order valence-corrected chi connectivity index (χ4v) is 2.29. The third-order valence-corrected chi connectivity index (χ3v) is 4.11. The van der Waals surface area contributed by atoms with Crippen LogP contribution in [0.4, 0.5) is 0 Å². The SMILES string of the molecule is CC(C)(C)C(=O)[O-].CC(COc1ccccc1)NC(C)C(O)c1ccc(O)cc1. The molecule has 0 spiro atoms. The number of aliphatic hydroxyl groups is 1. The number of para-hydroxylation sites is 1. The van der Waals surface area contributed by atoms with Gasteiger partial charge in [0.25, 0.3) is 0 Å². The number of carbonyl (C=O) groups is 1. The number of carboxylic acid groups (broad SMARTS) is 1. The van der Waals surface area contributed by atoms with E-state index in [9.17, 15) is 20.1 Å². The zero-order valence-corrected chi connectivity index (χ0v) is 17.8. The number of phenols is 1. The lowest BCUT2D eigenvalue weighted by Crippen LogP contribution is -2.41. The number of phenolic OH excluding ortho intramolecular Hbond substituents is 1. The second-order valence-electron chi connectivity index (χ2n) is 8.05. The largest absolute Gasteiger partial charge is 0.550 e. The lowest BCUT2D eigenvalue weighted by Gasteiger charge is -2.25. The Morgan fingerprint density at radius 3 is 2.07 bits per heavy atom. The van der Waals surface area contributed by atoms with Crippen LogP contribution in [-0.4, -0.2) is 34.9 Å². The van der Waals surface area contributed by atoms with Gasteiger partial charge in [0.2, 0.25) is 0 Å². The number of ether oxygens (including phenoxy) is 1. The molecule has 2 aromatic carbocycles. The maximum Gasteiger partial charge on any atom is 0.119 e. The van der Waals surface area contributed by atoms with Gasteiger partial charge in [-0.3, -0.25) is 0 Å². The zero-order chi connectivity index (χ0) is 22.0. The summed E-state index contributed by atoms with van der Waals surface area (Å²) in [5, 5.41) is 32.9. The number of aromatic hydroxyl groups is 1. The highest BCUT2D eigenvalue weighted by Crippen LogP contribution is 2.20. The Bertz CT molecular complexity index is 725. The number of rotatable bonds is 7. The summed E-state index contributed by atoms with van der Waals surface area (Å²) in [5.41, 5.74) is 0.0778. The first-order valence-electron chi connectivity index (χ1n) is 9.63. The molecule has 6 nitrogen and oxygen atoms in total. The summed E-state index contributed by atoms with van der Waals surface area (Å²) in [6.45, 7) is 9.27. The van der Waals surface area contributed by atoms with Crippen LogP contribution in [-0.2, 0) is 4.79 Å². The first kappa shape index (κ1) is 24.5. The van der Waals surface area contributed by atoms with Crippen molar-refractivity contribution in [3.8, 4) is 11.5 Å². The van der Waals surface area contributed by atoms with Gasteiger partial charge in [-0.05, 0) is 43.7 Å². The molecule has 0 saturated carbocycles. The van der Waals surface area contributed by atoms with E-state index in [4.69, 9.17) is 4.74 Å². The van der Waals surface area contributed by atoms with E-state index < -0.39 is 17.5 Å². The number of benzene rings is 2. The number of carboxylic acids is 1. The van der Waals surface area contributed by atoms with Crippen LogP contribution in [0.25, 0.3) is 0 Å². The highest BCUT2D eigenvalue weighted by molar-refractivity contribution is 5.70. The maximum absolute atomic E-state index is 10.3. The quantitative estimate of drug-likeness (QED) is 0.658. The summed E-state index contributed by atoms with van der Waals surface area (Å²) in [6, 6.07) is 16.2. The molecule has 0 aliphatic carbocycles. The van der Waals surface area contributed by atoms with E-state index in [1.807, 2.05) is 44.2 Å². The molecule has 0 aromatic heterocycles. The molecule has 29 heavy (non-hydrogen) atoms. The van der Waals surface area contributed by atoms with Gasteiger partial charge < -0.3 is 30.2 Å². The highest BCUT2D eigenvalue weighted by Gasteiger charge is 2.18. The standard InChI is InChI=1S/C18H23NO3.C5H10O2/c1-13(12-22-17-6-4-3-5-7-17)19-14(2)18(21)15-8-10-16(20)11-9-15;1-5(2,3)4(6)7/h3-11,13-14,18-21H,12H2,1-2H3;1-3H3,(H,6,7)/p-1. The molecule has 6 heteroatoms. The Kier molecular flexibility index (Phi) is 9.65. The Hall–Kier alpha value is -2.57. The van der Waals surface area contributed by atoms with Crippen LogP contribution in [0.15, 0.2) is 54.6 Å². The maximum atomic E-state index is 10.3. The lowest BCUT2D eigenvalue weighted by atomic mass is 9.98. The van der Waals surface area contributed by atoms with Crippen molar-refractivity contribution < 1.29 is 24.9 Å². The lowest BCUT2D eigenvalue weighted by molar-refractivity contribution is -0.316. The first-order valence-corrected chi connectivity index (χ1v) is 9.63. The third kappa shape index (κ3) is 9.45. The summed E-state index contributed by atoms with van der Waals surface area (Å²) in [7, 11) is 0. The summed E-state index contributed by atoms with van der Waals surface area (Å²) in [5.74, 6) is 0.0246. The molecule has 0 fully saturated rings. The number of nitrogens with one attached hydrogen (secondary N) is 1. The minimum absolute atomic E-state index is 0.0990. The molecule has 2 aromatic rings. The predicted octanol–water partition coefficient (Wildman–Crippen LogP) is 2.65. The van der Waals surface area contributed by atoms with Crippen molar-refractivity contribution in [3.05, 3.63) is 60.2 Å². The van der Waals surface area contributed by atoms with Gasteiger partial charge in [0.15, 0.2) is 0 Å².